The first-order valence-corrected chi connectivity index (χ1v) is 16.0. The third-order valence-electron chi connectivity index (χ3n) is 7.81. The number of aromatic nitrogens is 2. The summed E-state index contributed by atoms with van der Waals surface area (Å²) in [5.74, 6) is -0.710. The Bertz CT molecular complexity index is 1700. The van der Waals surface area contributed by atoms with E-state index in [2.05, 4.69) is 20.5 Å². The molecule has 0 aliphatic carbocycles. The van der Waals surface area contributed by atoms with Crippen LogP contribution in [0.25, 0.3) is 22.0 Å². The maximum absolute atomic E-state index is 13.3. The summed E-state index contributed by atoms with van der Waals surface area (Å²) >= 11 is 0. The van der Waals surface area contributed by atoms with Crippen molar-refractivity contribution in [2.24, 2.45) is 0 Å². The van der Waals surface area contributed by atoms with E-state index in [1.165, 1.54) is 0 Å². The van der Waals surface area contributed by atoms with Crippen LogP contribution in [0.2, 0.25) is 0 Å². The van der Waals surface area contributed by atoms with E-state index in [1.807, 2.05) is 37.3 Å². The molecule has 3 heterocycles. The van der Waals surface area contributed by atoms with Crippen LogP contribution in [0.3, 0.4) is 0 Å². The number of nitrogens with zero attached hydrogens (tertiary/aromatic N) is 2. The number of aromatic amines is 1. The summed E-state index contributed by atoms with van der Waals surface area (Å²) < 4.78 is 16.1. The van der Waals surface area contributed by atoms with Crippen molar-refractivity contribution in [3.8, 4) is 11.1 Å². The second-order valence-corrected chi connectivity index (χ2v) is 12.5. The van der Waals surface area contributed by atoms with E-state index in [0.29, 0.717) is 16.8 Å². The van der Waals surface area contributed by atoms with Crippen LogP contribution in [-0.4, -0.2) is 71.3 Å². The van der Waals surface area contributed by atoms with Gasteiger partial charge in [0.05, 0.1) is 37.1 Å². The van der Waals surface area contributed by atoms with Gasteiger partial charge in [-0.15, -0.1) is 0 Å². The zero-order chi connectivity index (χ0) is 33.6. The number of benzene rings is 2. The highest BCUT2D eigenvalue weighted by atomic mass is 16.6. The van der Waals surface area contributed by atoms with E-state index in [-0.39, 0.29) is 19.1 Å². The molecule has 2 amide bonds. The van der Waals surface area contributed by atoms with Crippen molar-refractivity contribution in [2.45, 2.75) is 59.4 Å². The minimum atomic E-state index is -0.582. The Balaban J connectivity index is 1.34. The minimum absolute atomic E-state index is 0.236. The first-order valence-electron chi connectivity index (χ1n) is 16.0. The highest BCUT2D eigenvalue weighted by Crippen LogP contribution is 2.36. The van der Waals surface area contributed by atoms with Crippen molar-refractivity contribution in [3.05, 3.63) is 88.9 Å². The van der Waals surface area contributed by atoms with Gasteiger partial charge in [-0.3, -0.25) is 14.7 Å². The Hall–Kier alpha value is -4.74. The SMILES string of the molecule is CCOC(=O)c1[nH]c2c([C@H](C)NC(=O)c3ccc(CNC(=O)OC(C)(C)C)cc3)cccc2c1-c1ccc(CN2CCOCC2)nc1. The minimum Gasteiger partial charge on any atom is -0.461 e. The molecule has 3 N–H and O–H groups in total. The quantitative estimate of drug-likeness (QED) is 0.186. The van der Waals surface area contributed by atoms with Crippen LogP contribution in [0, 0.1) is 0 Å². The maximum atomic E-state index is 13.3. The number of carbonyl (C=O) groups is 3. The highest BCUT2D eigenvalue weighted by molar-refractivity contribution is 6.09. The number of rotatable bonds is 10. The number of fused-ring (bicyclic) bond motifs is 1. The molecule has 11 heteroatoms. The van der Waals surface area contributed by atoms with Gasteiger partial charge in [0.15, 0.2) is 0 Å². The number of alkyl carbamates (subject to hydrolysis) is 1. The number of nitrogens with one attached hydrogen (secondary N) is 3. The third-order valence-corrected chi connectivity index (χ3v) is 7.81. The predicted molar refractivity (Wildman–Crippen MR) is 179 cm³/mol. The van der Waals surface area contributed by atoms with Crippen LogP contribution in [0.1, 0.15) is 78.3 Å². The molecule has 0 spiro atoms. The molecule has 5 rings (SSSR count). The summed E-state index contributed by atoms with van der Waals surface area (Å²) in [6, 6.07) is 16.4. The van der Waals surface area contributed by atoms with E-state index in [9.17, 15) is 14.4 Å². The summed E-state index contributed by atoms with van der Waals surface area (Å²) in [5, 5.41) is 6.63. The van der Waals surface area contributed by atoms with Gasteiger partial charge in [0, 0.05) is 54.5 Å². The van der Waals surface area contributed by atoms with E-state index >= 15 is 0 Å². The zero-order valence-corrected chi connectivity index (χ0v) is 27.6. The predicted octanol–water partition coefficient (Wildman–Crippen LogP) is 5.75. The number of hydrogen-bond donors (Lipinski definition) is 3. The first-order chi connectivity index (χ1) is 22.5. The molecule has 11 nitrogen and oxygen atoms in total. The molecule has 1 fully saturated rings. The fourth-order valence-corrected chi connectivity index (χ4v) is 5.53. The lowest BCUT2D eigenvalue weighted by molar-refractivity contribution is 0.0336. The van der Waals surface area contributed by atoms with Gasteiger partial charge in [-0.25, -0.2) is 9.59 Å². The maximum Gasteiger partial charge on any atom is 0.407 e. The summed E-state index contributed by atoms with van der Waals surface area (Å²) in [6.07, 6.45) is 1.30. The number of pyridine rings is 1. The highest BCUT2D eigenvalue weighted by Gasteiger charge is 2.24. The molecular weight excluding hydrogens is 598 g/mol. The molecule has 0 bridgehead atoms. The average Bonchev–Trinajstić information content (AvgIpc) is 3.44. The number of para-hydroxylation sites is 1. The number of hydrogen-bond acceptors (Lipinski definition) is 8. The van der Waals surface area contributed by atoms with Crippen LogP contribution in [0.5, 0.6) is 0 Å². The average molecular weight is 642 g/mol. The standard InChI is InChI=1S/C36H43N5O6/c1-6-46-34(43)32-30(26-14-15-27(37-21-26)22-41-16-18-45-19-17-41)29-9-7-8-28(31(29)40-32)23(2)39-33(42)25-12-10-24(11-13-25)20-38-35(44)47-36(3,4)5/h7-15,21,23,40H,6,16-20,22H2,1-5H3,(H,38,44)(H,39,42)/t23-/m0/s1. The molecule has 1 aliphatic rings. The van der Waals surface area contributed by atoms with Crippen LogP contribution >= 0.6 is 0 Å². The lowest BCUT2D eigenvalue weighted by Crippen LogP contribution is -2.35. The molecule has 1 atom stereocenters. The van der Waals surface area contributed by atoms with E-state index < -0.39 is 23.7 Å². The Morgan fingerprint density at radius 3 is 2.45 bits per heavy atom. The normalized spacial score (nSPS) is 14.4. The number of carbonyl (C=O) groups excluding carboxylic acids is 3. The van der Waals surface area contributed by atoms with Crippen LogP contribution < -0.4 is 10.6 Å². The van der Waals surface area contributed by atoms with Gasteiger partial charge < -0.3 is 29.8 Å². The number of amides is 2. The molecule has 0 radical (unpaired) electrons. The van der Waals surface area contributed by atoms with Crippen molar-refractivity contribution in [1.29, 1.82) is 0 Å². The molecule has 0 unspecified atom stereocenters. The van der Waals surface area contributed by atoms with Crippen molar-refractivity contribution >= 4 is 28.9 Å². The molecule has 1 saturated heterocycles. The molecule has 47 heavy (non-hydrogen) atoms. The van der Waals surface area contributed by atoms with E-state index in [1.54, 1.807) is 58.2 Å². The van der Waals surface area contributed by atoms with Gasteiger partial charge in [0.2, 0.25) is 0 Å². The Kier molecular flexibility index (Phi) is 10.6. The Morgan fingerprint density at radius 2 is 1.79 bits per heavy atom. The van der Waals surface area contributed by atoms with Gasteiger partial charge in [0.1, 0.15) is 11.3 Å². The number of esters is 1. The summed E-state index contributed by atoms with van der Waals surface area (Å²) in [5.41, 5.74) is 5.07. The molecule has 4 aromatic rings. The van der Waals surface area contributed by atoms with Crippen molar-refractivity contribution in [2.75, 3.05) is 32.9 Å². The van der Waals surface area contributed by atoms with E-state index in [4.69, 9.17) is 19.2 Å². The molecule has 2 aromatic heterocycles. The second-order valence-electron chi connectivity index (χ2n) is 12.5. The molecule has 0 saturated carbocycles. The topological polar surface area (TPSA) is 135 Å². The van der Waals surface area contributed by atoms with Crippen molar-refractivity contribution in [1.82, 2.24) is 25.5 Å². The Labute approximate surface area is 275 Å². The summed E-state index contributed by atoms with van der Waals surface area (Å²) in [7, 11) is 0. The monoisotopic (exact) mass is 641 g/mol. The lowest BCUT2D eigenvalue weighted by Gasteiger charge is -2.26. The van der Waals surface area contributed by atoms with Gasteiger partial charge >= 0.3 is 12.1 Å². The largest absolute Gasteiger partial charge is 0.461 e. The molecule has 1 aliphatic heterocycles. The smallest absolute Gasteiger partial charge is 0.407 e. The van der Waals surface area contributed by atoms with Gasteiger partial charge in [-0.1, -0.05) is 36.4 Å². The third kappa shape index (κ3) is 8.55. The molecule has 2 aromatic carbocycles. The number of ether oxygens (including phenoxy) is 3. The van der Waals surface area contributed by atoms with Crippen molar-refractivity contribution in [3.63, 3.8) is 0 Å². The number of morpholine rings is 1. The molecular formula is C36H43N5O6. The van der Waals surface area contributed by atoms with Gasteiger partial charge in [-0.05, 0) is 63.9 Å². The lowest BCUT2D eigenvalue weighted by atomic mass is 9.99. The summed E-state index contributed by atoms with van der Waals surface area (Å²) in [6.45, 7) is 13.5. The van der Waals surface area contributed by atoms with Gasteiger partial charge in [-0.2, -0.15) is 0 Å². The van der Waals surface area contributed by atoms with Gasteiger partial charge in [0.25, 0.3) is 5.91 Å². The molecule has 248 valence electrons. The van der Waals surface area contributed by atoms with Crippen LogP contribution in [0.15, 0.2) is 60.8 Å². The second kappa shape index (κ2) is 14.8. The first kappa shape index (κ1) is 33.6. The van der Waals surface area contributed by atoms with E-state index in [0.717, 1.165) is 66.1 Å². The summed E-state index contributed by atoms with van der Waals surface area (Å²) in [4.78, 5) is 48.7. The Morgan fingerprint density at radius 1 is 1.04 bits per heavy atom. The fraction of sp³-hybridized carbons (Fsp3) is 0.389. The zero-order valence-electron chi connectivity index (χ0n) is 27.6. The van der Waals surface area contributed by atoms with Crippen LogP contribution in [0.4, 0.5) is 4.79 Å². The van der Waals surface area contributed by atoms with Crippen LogP contribution in [-0.2, 0) is 27.3 Å². The number of H-pyrrole nitrogens is 1. The van der Waals surface area contributed by atoms with Crippen molar-refractivity contribution < 1.29 is 28.6 Å². The fourth-order valence-electron chi connectivity index (χ4n) is 5.53.